The van der Waals surface area contributed by atoms with E-state index in [2.05, 4.69) is 98.8 Å². The maximum Gasteiger partial charge on any atom is 0.0780 e. The molecule has 1 nitrogen and oxygen atoms in total. The lowest BCUT2D eigenvalue weighted by Crippen LogP contribution is -2.14. The third-order valence-electron chi connectivity index (χ3n) is 6.53. The van der Waals surface area contributed by atoms with Gasteiger partial charge in [-0.1, -0.05) is 86.6 Å². The van der Waals surface area contributed by atoms with Crippen LogP contribution in [0.5, 0.6) is 0 Å². The number of pyridine rings is 1. The molecule has 0 saturated carbocycles. The van der Waals surface area contributed by atoms with E-state index in [0.29, 0.717) is 0 Å². The maximum absolute atomic E-state index is 4.81. The van der Waals surface area contributed by atoms with Crippen molar-refractivity contribution in [3.8, 4) is 22.4 Å². The number of fused-ring (bicyclic) bond motifs is 6. The van der Waals surface area contributed by atoms with Crippen molar-refractivity contribution in [2.75, 3.05) is 0 Å². The van der Waals surface area contributed by atoms with Gasteiger partial charge in [-0.3, -0.25) is 4.98 Å². The second-order valence-corrected chi connectivity index (χ2v) is 8.47. The first kappa shape index (κ1) is 16.5. The van der Waals surface area contributed by atoms with Crippen LogP contribution in [0.1, 0.15) is 25.0 Å². The quantitative estimate of drug-likeness (QED) is 0.280. The second kappa shape index (κ2) is 5.78. The van der Waals surface area contributed by atoms with Gasteiger partial charge in [-0.05, 0) is 50.5 Å². The molecule has 0 amide bonds. The van der Waals surface area contributed by atoms with Crippen LogP contribution in [-0.4, -0.2) is 4.98 Å². The van der Waals surface area contributed by atoms with Crippen molar-refractivity contribution in [1.82, 2.24) is 4.98 Å². The Hall–Kier alpha value is -3.45. The lowest BCUT2D eigenvalue weighted by Gasteiger charge is -2.22. The van der Waals surface area contributed by atoms with Gasteiger partial charge < -0.3 is 0 Å². The van der Waals surface area contributed by atoms with Gasteiger partial charge in [-0.25, -0.2) is 0 Å². The van der Waals surface area contributed by atoms with Gasteiger partial charge in [0.1, 0.15) is 0 Å². The number of hydrogen-bond donors (Lipinski definition) is 0. The van der Waals surface area contributed by atoms with E-state index in [1.54, 1.807) is 0 Å². The number of nitrogens with zero attached hydrogens (tertiary/aromatic N) is 1. The number of aromatic nitrogens is 1. The molecule has 0 fully saturated rings. The second-order valence-electron chi connectivity index (χ2n) is 8.47. The van der Waals surface area contributed by atoms with E-state index in [1.807, 2.05) is 6.20 Å². The Morgan fingerprint density at radius 3 is 2.34 bits per heavy atom. The van der Waals surface area contributed by atoms with E-state index in [0.717, 1.165) is 5.69 Å². The minimum absolute atomic E-state index is 0.000776. The van der Waals surface area contributed by atoms with Crippen LogP contribution in [0.2, 0.25) is 0 Å². The first-order valence-electron chi connectivity index (χ1n) is 10.2. The highest BCUT2D eigenvalue weighted by molar-refractivity contribution is 6.11. The van der Waals surface area contributed by atoms with Gasteiger partial charge in [0.2, 0.25) is 0 Å². The number of benzene rings is 4. The third-order valence-corrected chi connectivity index (χ3v) is 6.53. The molecule has 1 heteroatoms. The summed E-state index contributed by atoms with van der Waals surface area (Å²) in [5.41, 5.74) is 7.74. The van der Waals surface area contributed by atoms with E-state index in [-0.39, 0.29) is 5.41 Å². The zero-order valence-corrected chi connectivity index (χ0v) is 16.6. The van der Waals surface area contributed by atoms with Crippen LogP contribution in [0, 0.1) is 0 Å². The summed E-state index contributed by atoms with van der Waals surface area (Å²) in [5, 5.41) is 5.01. The smallest absolute Gasteiger partial charge is 0.0780 e. The molecule has 0 N–H and O–H groups in total. The summed E-state index contributed by atoms with van der Waals surface area (Å²) < 4.78 is 0. The summed E-state index contributed by atoms with van der Waals surface area (Å²) >= 11 is 0. The topological polar surface area (TPSA) is 12.9 Å². The molecule has 0 bridgehead atoms. The van der Waals surface area contributed by atoms with Crippen LogP contribution in [0.3, 0.4) is 0 Å². The standard InChI is InChI=1S/C28H21N/c1-28(2)25-10-6-5-9-22(25)23-13-12-19(17-26(23)28)27-24-14-11-18-7-3-4-8-20(18)21(24)15-16-29-27/h3-17H,1-2H3. The minimum atomic E-state index is -0.000776. The maximum atomic E-state index is 4.81. The first-order valence-corrected chi connectivity index (χ1v) is 10.2. The van der Waals surface area contributed by atoms with Crippen LogP contribution in [0.4, 0.5) is 0 Å². The van der Waals surface area contributed by atoms with Gasteiger partial charge >= 0.3 is 0 Å². The van der Waals surface area contributed by atoms with Crippen LogP contribution < -0.4 is 0 Å². The predicted molar refractivity (Wildman–Crippen MR) is 122 cm³/mol. The highest BCUT2D eigenvalue weighted by atomic mass is 14.7. The highest BCUT2D eigenvalue weighted by Crippen LogP contribution is 2.49. The molecule has 4 aromatic carbocycles. The average molecular weight is 371 g/mol. The monoisotopic (exact) mass is 371 g/mol. The lowest BCUT2D eigenvalue weighted by molar-refractivity contribution is 0.660. The van der Waals surface area contributed by atoms with E-state index in [1.165, 1.54) is 49.4 Å². The summed E-state index contributed by atoms with van der Waals surface area (Å²) in [4.78, 5) is 4.81. The lowest BCUT2D eigenvalue weighted by atomic mass is 9.81. The van der Waals surface area contributed by atoms with E-state index < -0.39 is 0 Å². The molecule has 6 rings (SSSR count). The normalized spacial score (nSPS) is 14.1. The molecule has 0 atom stereocenters. The molecule has 1 heterocycles. The Morgan fingerprint density at radius 1 is 0.621 bits per heavy atom. The summed E-state index contributed by atoms with van der Waals surface area (Å²) in [6.45, 7) is 4.65. The summed E-state index contributed by atoms with van der Waals surface area (Å²) in [5.74, 6) is 0. The first-order chi connectivity index (χ1) is 14.1. The van der Waals surface area contributed by atoms with Crippen molar-refractivity contribution < 1.29 is 0 Å². The minimum Gasteiger partial charge on any atom is -0.256 e. The van der Waals surface area contributed by atoms with Gasteiger partial charge in [0, 0.05) is 22.6 Å². The van der Waals surface area contributed by atoms with Crippen molar-refractivity contribution in [1.29, 1.82) is 0 Å². The van der Waals surface area contributed by atoms with Crippen molar-refractivity contribution in [2.24, 2.45) is 0 Å². The molecule has 0 unspecified atom stereocenters. The van der Waals surface area contributed by atoms with Gasteiger partial charge in [0.15, 0.2) is 0 Å². The molecule has 0 saturated heterocycles. The van der Waals surface area contributed by atoms with Crippen molar-refractivity contribution >= 4 is 21.5 Å². The fourth-order valence-corrected chi connectivity index (χ4v) is 5.02. The Labute approximate surface area is 170 Å². The molecule has 1 aliphatic rings. The molecule has 0 aliphatic heterocycles. The molecule has 0 spiro atoms. The fraction of sp³-hybridized carbons (Fsp3) is 0.107. The van der Waals surface area contributed by atoms with Crippen LogP contribution in [-0.2, 0) is 5.41 Å². The Kier molecular flexibility index (Phi) is 3.29. The summed E-state index contributed by atoms with van der Waals surface area (Å²) in [7, 11) is 0. The third kappa shape index (κ3) is 2.25. The molecule has 1 aliphatic carbocycles. The molecule has 138 valence electrons. The Morgan fingerprint density at radius 2 is 1.41 bits per heavy atom. The van der Waals surface area contributed by atoms with Gasteiger partial charge in [-0.2, -0.15) is 0 Å². The van der Waals surface area contributed by atoms with Gasteiger partial charge in [0.05, 0.1) is 5.69 Å². The zero-order chi connectivity index (χ0) is 19.6. The molecular weight excluding hydrogens is 350 g/mol. The average Bonchev–Trinajstić information content (AvgIpc) is 3.00. The Bertz CT molecular complexity index is 1430. The molecular formula is C28H21N. The number of rotatable bonds is 1. The highest BCUT2D eigenvalue weighted by Gasteiger charge is 2.35. The van der Waals surface area contributed by atoms with Crippen molar-refractivity contribution in [3.05, 3.63) is 102 Å². The van der Waals surface area contributed by atoms with Crippen LogP contribution >= 0.6 is 0 Å². The van der Waals surface area contributed by atoms with Gasteiger partial charge in [0.25, 0.3) is 0 Å². The molecule has 5 aromatic rings. The summed E-state index contributed by atoms with van der Waals surface area (Å²) in [6.07, 6.45) is 1.94. The molecule has 0 radical (unpaired) electrons. The van der Waals surface area contributed by atoms with Crippen LogP contribution in [0.15, 0.2) is 91.1 Å². The Balaban J connectivity index is 1.61. The van der Waals surface area contributed by atoms with E-state index in [4.69, 9.17) is 4.98 Å². The fourth-order valence-electron chi connectivity index (χ4n) is 5.02. The zero-order valence-electron chi connectivity index (χ0n) is 16.6. The summed E-state index contributed by atoms with van der Waals surface area (Å²) in [6, 6.07) is 30.8. The van der Waals surface area contributed by atoms with E-state index >= 15 is 0 Å². The van der Waals surface area contributed by atoms with Crippen LogP contribution in [0.25, 0.3) is 43.9 Å². The van der Waals surface area contributed by atoms with Crippen molar-refractivity contribution in [3.63, 3.8) is 0 Å². The largest absolute Gasteiger partial charge is 0.256 e. The van der Waals surface area contributed by atoms with Crippen molar-refractivity contribution in [2.45, 2.75) is 19.3 Å². The predicted octanol–water partition coefficient (Wildman–Crippen LogP) is 7.36. The van der Waals surface area contributed by atoms with Gasteiger partial charge in [-0.15, -0.1) is 0 Å². The molecule has 1 aromatic heterocycles. The molecule has 29 heavy (non-hydrogen) atoms. The number of hydrogen-bond acceptors (Lipinski definition) is 1. The van der Waals surface area contributed by atoms with E-state index in [9.17, 15) is 0 Å². The SMILES string of the molecule is CC1(C)c2ccccc2-c2ccc(-c3nccc4c3ccc3ccccc34)cc21.